The van der Waals surface area contributed by atoms with Gasteiger partial charge in [0, 0.05) is 12.1 Å². The lowest BCUT2D eigenvalue weighted by Crippen LogP contribution is -2.38. The predicted molar refractivity (Wildman–Crippen MR) is 77.5 cm³/mol. The minimum absolute atomic E-state index is 0.0890. The molecule has 0 atom stereocenters. The van der Waals surface area contributed by atoms with E-state index in [1.54, 1.807) is 6.07 Å². The molecule has 0 heterocycles. The van der Waals surface area contributed by atoms with Crippen molar-refractivity contribution in [3.8, 4) is 11.5 Å². The van der Waals surface area contributed by atoms with E-state index in [1.807, 2.05) is 0 Å². The number of rotatable bonds is 6. The second kappa shape index (κ2) is 6.34. The SMILES string of the molecule is COc1cc(OC)c(N)c(C(=O)NCC(=O)NC2CC2)c1. The lowest BCUT2D eigenvalue weighted by atomic mass is 10.1. The smallest absolute Gasteiger partial charge is 0.254 e. The van der Waals surface area contributed by atoms with Gasteiger partial charge in [0.05, 0.1) is 32.0 Å². The van der Waals surface area contributed by atoms with Crippen molar-refractivity contribution in [2.75, 3.05) is 26.5 Å². The van der Waals surface area contributed by atoms with Crippen molar-refractivity contribution >= 4 is 17.5 Å². The topological polar surface area (TPSA) is 103 Å². The number of carbonyl (C=O) groups is 2. The van der Waals surface area contributed by atoms with Crippen LogP contribution >= 0.6 is 0 Å². The molecular formula is C14H19N3O4. The molecule has 0 radical (unpaired) electrons. The highest BCUT2D eigenvalue weighted by molar-refractivity contribution is 6.02. The van der Waals surface area contributed by atoms with Crippen LogP contribution in [0.1, 0.15) is 23.2 Å². The number of amides is 2. The van der Waals surface area contributed by atoms with Gasteiger partial charge in [-0.05, 0) is 18.9 Å². The normalized spacial score (nSPS) is 13.4. The summed E-state index contributed by atoms with van der Waals surface area (Å²) in [6.07, 6.45) is 2.00. The first-order valence-corrected chi connectivity index (χ1v) is 6.64. The Morgan fingerprint density at radius 1 is 1.29 bits per heavy atom. The van der Waals surface area contributed by atoms with Gasteiger partial charge < -0.3 is 25.8 Å². The zero-order chi connectivity index (χ0) is 15.4. The minimum Gasteiger partial charge on any atom is -0.497 e. The van der Waals surface area contributed by atoms with E-state index in [0.29, 0.717) is 11.5 Å². The molecule has 21 heavy (non-hydrogen) atoms. The zero-order valence-electron chi connectivity index (χ0n) is 12.1. The molecule has 1 aliphatic rings. The van der Waals surface area contributed by atoms with Gasteiger partial charge in [-0.1, -0.05) is 0 Å². The Kier molecular flexibility index (Phi) is 4.52. The van der Waals surface area contributed by atoms with E-state index in [2.05, 4.69) is 10.6 Å². The Hall–Kier alpha value is -2.44. The molecule has 2 amide bonds. The van der Waals surface area contributed by atoms with E-state index in [4.69, 9.17) is 15.2 Å². The summed E-state index contributed by atoms with van der Waals surface area (Å²) in [7, 11) is 2.94. The molecular weight excluding hydrogens is 274 g/mol. The molecule has 1 aliphatic carbocycles. The molecule has 0 bridgehead atoms. The van der Waals surface area contributed by atoms with Crippen LogP contribution in [0.25, 0.3) is 0 Å². The number of nitrogens with two attached hydrogens (primary N) is 1. The van der Waals surface area contributed by atoms with Crippen LogP contribution in [0.5, 0.6) is 11.5 Å². The largest absolute Gasteiger partial charge is 0.497 e. The van der Waals surface area contributed by atoms with E-state index in [1.165, 1.54) is 20.3 Å². The molecule has 1 aromatic carbocycles. The van der Waals surface area contributed by atoms with E-state index < -0.39 is 5.91 Å². The number of benzene rings is 1. The van der Waals surface area contributed by atoms with Crippen molar-refractivity contribution in [2.45, 2.75) is 18.9 Å². The molecule has 7 nitrogen and oxygen atoms in total. The van der Waals surface area contributed by atoms with E-state index in [9.17, 15) is 9.59 Å². The number of carbonyl (C=O) groups excluding carboxylic acids is 2. The van der Waals surface area contributed by atoms with Crippen molar-refractivity contribution in [3.63, 3.8) is 0 Å². The summed E-state index contributed by atoms with van der Waals surface area (Å²) in [5.74, 6) is 0.144. The van der Waals surface area contributed by atoms with Crippen molar-refractivity contribution in [3.05, 3.63) is 17.7 Å². The van der Waals surface area contributed by atoms with Gasteiger partial charge in [-0.15, -0.1) is 0 Å². The number of anilines is 1. The van der Waals surface area contributed by atoms with Crippen LogP contribution in [0.15, 0.2) is 12.1 Å². The summed E-state index contributed by atoms with van der Waals surface area (Å²) in [4.78, 5) is 23.7. The molecule has 114 valence electrons. The molecule has 0 saturated heterocycles. The third kappa shape index (κ3) is 3.77. The standard InChI is InChI=1S/C14H19N3O4/c1-20-9-5-10(13(15)11(6-9)21-2)14(19)16-7-12(18)17-8-3-4-8/h5-6,8H,3-4,7,15H2,1-2H3,(H,16,19)(H,17,18). The maximum atomic E-state index is 12.1. The average Bonchev–Trinajstić information content (AvgIpc) is 3.29. The van der Waals surface area contributed by atoms with Gasteiger partial charge in [-0.3, -0.25) is 9.59 Å². The van der Waals surface area contributed by atoms with Crippen LogP contribution < -0.4 is 25.8 Å². The Morgan fingerprint density at radius 2 is 2.00 bits per heavy atom. The van der Waals surface area contributed by atoms with Crippen LogP contribution in [0.3, 0.4) is 0 Å². The fraction of sp³-hybridized carbons (Fsp3) is 0.429. The minimum atomic E-state index is -0.448. The summed E-state index contributed by atoms with van der Waals surface area (Å²) in [5.41, 5.74) is 6.29. The molecule has 1 aromatic rings. The average molecular weight is 293 g/mol. The predicted octanol–water partition coefficient (Wildman–Crippen LogP) is 0.294. The first-order valence-electron chi connectivity index (χ1n) is 6.64. The molecule has 1 fully saturated rings. The third-order valence-corrected chi connectivity index (χ3v) is 3.17. The van der Waals surface area contributed by atoms with Crippen molar-refractivity contribution in [1.29, 1.82) is 0 Å². The monoisotopic (exact) mass is 293 g/mol. The number of nitrogen functional groups attached to an aromatic ring is 1. The molecule has 2 rings (SSSR count). The van der Waals surface area contributed by atoms with Crippen LogP contribution in [-0.2, 0) is 4.79 Å². The molecule has 0 unspecified atom stereocenters. The Labute approximate surface area is 122 Å². The van der Waals surface area contributed by atoms with Gasteiger partial charge in [0.2, 0.25) is 5.91 Å². The maximum absolute atomic E-state index is 12.1. The summed E-state index contributed by atoms with van der Waals surface area (Å²) >= 11 is 0. The van der Waals surface area contributed by atoms with Crippen molar-refractivity contribution in [2.24, 2.45) is 0 Å². The van der Waals surface area contributed by atoms with Crippen LogP contribution in [0.4, 0.5) is 5.69 Å². The highest BCUT2D eigenvalue weighted by Gasteiger charge is 2.23. The van der Waals surface area contributed by atoms with Gasteiger partial charge in [0.1, 0.15) is 11.5 Å². The number of hydrogen-bond donors (Lipinski definition) is 3. The summed E-state index contributed by atoms with van der Waals surface area (Å²) in [6, 6.07) is 3.36. The molecule has 0 aromatic heterocycles. The second-order valence-corrected chi connectivity index (χ2v) is 4.82. The van der Waals surface area contributed by atoms with E-state index in [-0.39, 0.29) is 29.7 Å². The molecule has 0 spiro atoms. The van der Waals surface area contributed by atoms with Gasteiger partial charge >= 0.3 is 0 Å². The first kappa shape index (κ1) is 15.0. The number of methoxy groups -OCH3 is 2. The highest BCUT2D eigenvalue weighted by Crippen LogP contribution is 2.30. The molecule has 4 N–H and O–H groups in total. The maximum Gasteiger partial charge on any atom is 0.254 e. The van der Waals surface area contributed by atoms with Crippen LogP contribution in [0.2, 0.25) is 0 Å². The lowest BCUT2D eigenvalue weighted by molar-refractivity contribution is -0.120. The van der Waals surface area contributed by atoms with E-state index in [0.717, 1.165) is 12.8 Å². The van der Waals surface area contributed by atoms with Crippen LogP contribution in [0, 0.1) is 0 Å². The Balaban J connectivity index is 2.04. The van der Waals surface area contributed by atoms with Gasteiger partial charge in [0.25, 0.3) is 5.91 Å². The lowest BCUT2D eigenvalue weighted by Gasteiger charge is -2.12. The fourth-order valence-electron chi connectivity index (χ4n) is 1.84. The summed E-state index contributed by atoms with van der Waals surface area (Å²) < 4.78 is 10.2. The number of ether oxygens (including phenoxy) is 2. The molecule has 7 heteroatoms. The summed E-state index contributed by atoms with van der Waals surface area (Å²) in [6.45, 7) is -0.0890. The fourth-order valence-corrected chi connectivity index (χ4v) is 1.84. The zero-order valence-corrected chi connectivity index (χ0v) is 12.1. The number of hydrogen-bond acceptors (Lipinski definition) is 5. The van der Waals surface area contributed by atoms with Gasteiger partial charge in [0.15, 0.2) is 0 Å². The van der Waals surface area contributed by atoms with Gasteiger partial charge in [-0.25, -0.2) is 0 Å². The summed E-state index contributed by atoms with van der Waals surface area (Å²) in [5, 5.41) is 5.32. The quantitative estimate of drug-likeness (QED) is 0.654. The van der Waals surface area contributed by atoms with Crippen LogP contribution in [-0.4, -0.2) is 38.6 Å². The third-order valence-electron chi connectivity index (χ3n) is 3.17. The number of nitrogens with one attached hydrogen (secondary N) is 2. The van der Waals surface area contributed by atoms with Crippen molar-refractivity contribution in [1.82, 2.24) is 10.6 Å². The Morgan fingerprint density at radius 3 is 2.57 bits per heavy atom. The molecule has 0 aliphatic heterocycles. The molecule has 1 saturated carbocycles. The van der Waals surface area contributed by atoms with Crippen molar-refractivity contribution < 1.29 is 19.1 Å². The van der Waals surface area contributed by atoms with Gasteiger partial charge in [-0.2, -0.15) is 0 Å². The second-order valence-electron chi connectivity index (χ2n) is 4.82. The Bertz CT molecular complexity index is 555. The van der Waals surface area contributed by atoms with E-state index >= 15 is 0 Å². The highest BCUT2D eigenvalue weighted by atomic mass is 16.5. The first-order chi connectivity index (χ1) is 10.0.